The minimum atomic E-state index is -3.62. The van der Waals surface area contributed by atoms with E-state index in [0.717, 1.165) is 16.7 Å². The second-order valence-electron chi connectivity index (χ2n) is 6.10. The molecule has 1 heterocycles. The van der Waals surface area contributed by atoms with Gasteiger partial charge >= 0.3 is 0 Å². The van der Waals surface area contributed by atoms with Crippen molar-refractivity contribution in [1.82, 2.24) is 3.97 Å². The molecule has 0 amide bonds. The van der Waals surface area contributed by atoms with Gasteiger partial charge < -0.3 is 4.74 Å². The van der Waals surface area contributed by atoms with Gasteiger partial charge in [-0.25, -0.2) is 12.4 Å². The summed E-state index contributed by atoms with van der Waals surface area (Å²) in [5, 5.41) is 0. The van der Waals surface area contributed by atoms with E-state index >= 15 is 0 Å². The average Bonchev–Trinajstić information content (AvgIpc) is 2.98. The molecule has 0 N–H and O–H groups in total. The summed E-state index contributed by atoms with van der Waals surface area (Å²) in [7, 11) is -3.62. The van der Waals surface area contributed by atoms with Crippen molar-refractivity contribution in [1.29, 1.82) is 0 Å². The Bertz CT molecular complexity index is 942. The first-order valence-electron chi connectivity index (χ1n) is 8.08. The number of aryl methyl sites for hydroxylation is 2. The van der Waals surface area contributed by atoms with Gasteiger partial charge in [0.1, 0.15) is 0 Å². The Hall–Kier alpha value is -2.37. The smallest absolute Gasteiger partial charge is 0.267 e. The summed E-state index contributed by atoms with van der Waals surface area (Å²) < 4.78 is 32.9. The molecule has 130 valence electrons. The van der Waals surface area contributed by atoms with Crippen molar-refractivity contribution in [2.24, 2.45) is 0 Å². The molecule has 3 rings (SSSR count). The molecule has 5 heteroatoms. The summed E-state index contributed by atoms with van der Waals surface area (Å²) in [4.78, 5) is 0.276. The van der Waals surface area contributed by atoms with Crippen LogP contribution in [0, 0.1) is 13.8 Å². The molecule has 0 bridgehead atoms. The van der Waals surface area contributed by atoms with Crippen LogP contribution >= 0.6 is 0 Å². The molecule has 0 aliphatic heterocycles. The van der Waals surface area contributed by atoms with E-state index in [1.54, 1.807) is 30.5 Å². The third-order valence-electron chi connectivity index (χ3n) is 3.94. The van der Waals surface area contributed by atoms with E-state index < -0.39 is 10.0 Å². The lowest BCUT2D eigenvalue weighted by molar-refractivity contribution is 0.104. The van der Waals surface area contributed by atoms with Gasteiger partial charge in [0, 0.05) is 6.20 Å². The van der Waals surface area contributed by atoms with Crippen LogP contribution in [0.2, 0.25) is 0 Å². The molecule has 0 atom stereocenters. The van der Waals surface area contributed by atoms with Crippen LogP contribution in [0.15, 0.2) is 71.8 Å². The van der Waals surface area contributed by atoms with E-state index in [9.17, 15) is 8.42 Å². The summed E-state index contributed by atoms with van der Waals surface area (Å²) in [6.07, 6.45) is 1.64. The number of nitrogens with zero attached hydrogens (tertiary/aromatic N) is 1. The fourth-order valence-electron chi connectivity index (χ4n) is 2.63. The summed E-state index contributed by atoms with van der Waals surface area (Å²) in [5.74, 6) is 0. The van der Waals surface area contributed by atoms with Crippen LogP contribution in [0.5, 0.6) is 0 Å². The van der Waals surface area contributed by atoms with E-state index in [-0.39, 0.29) is 11.5 Å². The van der Waals surface area contributed by atoms with Crippen molar-refractivity contribution < 1.29 is 13.2 Å². The highest BCUT2D eigenvalue weighted by atomic mass is 32.2. The summed E-state index contributed by atoms with van der Waals surface area (Å²) in [6.45, 7) is 4.48. The Morgan fingerprint density at radius 1 is 0.880 bits per heavy atom. The fourth-order valence-corrected chi connectivity index (χ4v) is 4.06. The molecule has 4 nitrogen and oxygen atoms in total. The molecule has 3 aromatic rings. The van der Waals surface area contributed by atoms with E-state index in [0.29, 0.717) is 12.3 Å². The SMILES string of the molecule is Cc1ccc(S(=O)(=O)n2cc(C)cc2COCc2ccccc2)cc1. The van der Waals surface area contributed by atoms with Crippen LogP contribution in [0.3, 0.4) is 0 Å². The van der Waals surface area contributed by atoms with Gasteiger partial charge in [0.15, 0.2) is 0 Å². The van der Waals surface area contributed by atoms with E-state index in [2.05, 4.69) is 0 Å². The van der Waals surface area contributed by atoms with Crippen molar-refractivity contribution in [3.63, 3.8) is 0 Å². The molecule has 0 aliphatic carbocycles. The minimum Gasteiger partial charge on any atom is -0.371 e. The van der Waals surface area contributed by atoms with E-state index in [1.165, 1.54) is 3.97 Å². The topological polar surface area (TPSA) is 48.3 Å². The zero-order valence-corrected chi connectivity index (χ0v) is 15.2. The van der Waals surface area contributed by atoms with Gasteiger partial charge in [-0.15, -0.1) is 0 Å². The van der Waals surface area contributed by atoms with Crippen LogP contribution in [0.25, 0.3) is 0 Å². The number of benzene rings is 2. The molecule has 0 saturated carbocycles. The largest absolute Gasteiger partial charge is 0.371 e. The van der Waals surface area contributed by atoms with Crippen molar-refractivity contribution in [2.45, 2.75) is 32.0 Å². The monoisotopic (exact) mass is 355 g/mol. The Balaban J connectivity index is 1.81. The van der Waals surface area contributed by atoms with Crippen LogP contribution in [-0.2, 0) is 28.0 Å². The molecule has 2 aromatic carbocycles. The van der Waals surface area contributed by atoms with Gasteiger partial charge in [-0.2, -0.15) is 0 Å². The van der Waals surface area contributed by atoms with Gasteiger partial charge in [0.2, 0.25) is 0 Å². The highest BCUT2D eigenvalue weighted by Gasteiger charge is 2.20. The van der Waals surface area contributed by atoms with Gasteiger partial charge in [-0.05, 0) is 43.2 Å². The van der Waals surface area contributed by atoms with Gasteiger partial charge in [0.05, 0.1) is 23.8 Å². The Kier molecular flexibility index (Phi) is 5.06. The Labute approximate surface area is 148 Å². The highest BCUT2D eigenvalue weighted by Crippen LogP contribution is 2.20. The molecule has 1 aromatic heterocycles. The molecular weight excluding hydrogens is 334 g/mol. The van der Waals surface area contributed by atoms with Crippen LogP contribution in [-0.4, -0.2) is 12.4 Å². The lowest BCUT2D eigenvalue weighted by atomic mass is 10.2. The van der Waals surface area contributed by atoms with Crippen LogP contribution in [0.4, 0.5) is 0 Å². The molecule has 0 fully saturated rings. The van der Waals surface area contributed by atoms with Gasteiger partial charge in [-0.3, -0.25) is 0 Å². The maximum Gasteiger partial charge on any atom is 0.267 e. The number of ether oxygens (including phenoxy) is 1. The minimum absolute atomic E-state index is 0.230. The first kappa shape index (κ1) is 17.5. The number of hydrogen-bond acceptors (Lipinski definition) is 3. The average molecular weight is 355 g/mol. The third kappa shape index (κ3) is 4.00. The van der Waals surface area contributed by atoms with Crippen LogP contribution in [0.1, 0.15) is 22.4 Å². The zero-order valence-electron chi connectivity index (χ0n) is 14.3. The van der Waals surface area contributed by atoms with E-state index in [1.807, 2.05) is 50.2 Å². The van der Waals surface area contributed by atoms with Crippen molar-refractivity contribution in [2.75, 3.05) is 0 Å². The predicted octanol–water partition coefficient (Wildman–Crippen LogP) is 4.06. The highest BCUT2D eigenvalue weighted by molar-refractivity contribution is 7.90. The number of rotatable bonds is 6. The maximum absolute atomic E-state index is 12.9. The predicted molar refractivity (Wildman–Crippen MR) is 97.9 cm³/mol. The van der Waals surface area contributed by atoms with Crippen LogP contribution < -0.4 is 0 Å². The lowest BCUT2D eigenvalue weighted by Crippen LogP contribution is -2.15. The normalized spacial score (nSPS) is 11.6. The van der Waals surface area contributed by atoms with Gasteiger partial charge in [0.25, 0.3) is 10.0 Å². The molecule has 0 unspecified atom stereocenters. The van der Waals surface area contributed by atoms with Gasteiger partial charge in [-0.1, -0.05) is 48.0 Å². The Morgan fingerprint density at radius 3 is 2.24 bits per heavy atom. The first-order chi connectivity index (χ1) is 12.0. The molecular formula is C20H21NO3S. The second kappa shape index (κ2) is 7.25. The summed E-state index contributed by atoms with van der Waals surface area (Å²) in [6, 6.07) is 18.5. The molecule has 0 aliphatic rings. The molecule has 25 heavy (non-hydrogen) atoms. The van der Waals surface area contributed by atoms with Crippen molar-refractivity contribution in [3.8, 4) is 0 Å². The van der Waals surface area contributed by atoms with E-state index in [4.69, 9.17) is 4.74 Å². The quantitative estimate of drug-likeness (QED) is 0.670. The first-order valence-corrected chi connectivity index (χ1v) is 9.52. The van der Waals surface area contributed by atoms with Crippen molar-refractivity contribution in [3.05, 3.63) is 89.2 Å². The maximum atomic E-state index is 12.9. The lowest BCUT2D eigenvalue weighted by Gasteiger charge is -2.11. The molecule has 0 spiro atoms. The zero-order chi connectivity index (χ0) is 17.9. The summed E-state index contributed by atoms with van der Waals surface area (Å²) in [5.41, 5.74) is 3.58. The third-order valence-corrected chi connectivity index (χ3v) is 5.66. The standard InChI is InChI=1S/C20H21NO3S/c1-16-8-10-20(11-9-16)25(22,23)21-13-17(2)12-19(21)15-24-14-18-6-4-3-5-7-18/h3-13H,14-15H2,1-2H3. The Morgan fingerprint density at radius 2 is 1.56 bits per heavy atom. The second-order valence-corrected chi connectivity index (χ2v) is 7.92. The fraction of sp³-hybridized carbons (Fsp3) is 0.200. The van der Waals surface area contributed by atoms with Crippen molar-refractivity contribution >= 4 is 10.0 Å². The number of hydrogen-bond donors (Lipinski definition) is 0. The number of aromatic nitrogens is 1. The molecule has 0 saturated heterocycles. The summed E-state index contributed by atoms with van der Waals surface area (Å²) >= 11 is 0. The molecule has 0 radical (unpaired) electrons.